The molecule has 166 valence electrons. The number of carbonyl (C=O) groups excluding carboxylic acids is 3. The van der Waals surface area contributed by atoms with Gasteiger partial charge in [0.25, 0.3) is 27.7 Å². The molecular formula is C20H17ClN4O5S2. The van der Waals surface area contributed by atoms with Crippen molar-refractivity contribution in [2.24, 2.45) is 0 Å². The molecule has 0 radical (unpaired) electrons. The van der Waals surface area contributed by atoms with Crippen LogP contribution in [-0.4, -0.2) is 32.7 Å². The van der Waals surface area contributed by atoms with Gasteiger partial charge in [-0.15, -0.1) is 11.3 Å². The topological polar surface area (TPSA) is 133 Å². The monoisotopic (exact) mass is 492 g/mol. The van der Waals surface area contributed by atoms with E-state index in [2.05, 4.69) is 20.9 Å². The Morgan fingerprint density at radius 3 is 2.22 bits per heavy atom. The van der Waals surface area contributed by atoms with Crippen molar-refractivity contribution >= 4 is 56.4 Å². The number of hydrogen-bond donors (Lipinski definition) is 4. The highest BCUT2D eigenvalue weighted by Gasteiger charge is 2.19. The largest absolute Gasteiger partial charge is 0.343 e. The number of carbonyl (C=O) groups is 3. The van der Waals surface area contributed by atoms with Crippen LogP contribution in [0.25, 0.3) is 0 Å². The van der Waals surface area contributed by atoms with Gasteiger partial charge in [0.05, 0.1) is 28.4 Å². The first-order valence-electron chi connectivity index (χ1n) is 9.05. The molecular weight excluding hydrogens is 476 g/mol. The van der Waals surface area contributed by atoms with Crippen LogP contribution in [0.2, 0.25) is 5.02 Å². The average Bonchev–Trinajstić information content (AvgIpc) is 3.32. The molecule has 0 aliphatic carbocycles. The number of nitrogens with one attached hydrogen (secondary N) is 4. The standard InChI is InChI=1S/C20H17ClN4O5S2/c21-15-8-3-1-6-13(15)19(27)22-12-17(26)23-24-20(28)14-7-2-4-9-16(14)25-32(29,30)18-10-5-11-31-18/h1-11,25H,12H2,(H,22,27)(H,23,26)(H,24,28). The summed E-state index contributed by atoms with van der Waals surface area (Å²) in [6.07, 6.45) is 0. The Morgan fingerprint density at radius 2 is 1.53 bits per heavy atom. The van der Waals surface area contributed by atoms with Gasteiger partial charge in [-0.1, -0.05) is 41.9 Å². The molecule has 0 bridgehead atoms. The Bertz CT molecular complexity index is 1250. The van der Waals surface area contributed by atoms with Crippen LogP contribution in [0.3, 0.4) is 0 Å². The van der Waals surface area contributed by atoms with Crippen LogP contribution >= 0.6 is 22.9 Å². The molecule has 2 aromatic carbocycles. The number of para-hydroxylation sites is 1. The molecule has 9 nitrogen and oxygen atoms in total. The smallest absolute Gasteiger partial charge is 0.271 e. The molecule has 0 atom stereocenters. The second-order valence-electron chi connectivity index (χ2n) is 6.25. The van der Waals surface area contributed by atoms with Crippen molar-refractivity contribution in [3.8, 4) is 0 Å². The molecule has 0 aliphatic heterocycles. The lowest BCUT2D eigenvalue weighted by Crippen LogP contribution is -2.46. The third-order valence-corrected chi connectivity index (χ3v) is 7.11. The van der Waals surface area contributed by atoms with E-state index >= 15 is 0 Å². The van der Waals surface area contributed by atoms with E-state index in [1.54, 1.807) is 41.8 Å². The van der Waals surface area contributed by atoms with Gasteiger partial charge in [0.15, 0.2) is 0 Å². The van der Waals surface area contributed by atoms with Crippen LogP contribution in [0.5, 0.6) is 0 Å². The third-order valence-electron chi connectivity index (χ3n) is 4.02. The van der Waals surface area contributed by atoms with Crippen LogP contribution in [0.15, 0.2) is 70.3 Å². The highest BCUT2D eigenvalue weighted by Crippen LogP contribution is 2.22. The maximum atomic E-state index is 12.5. The zero-order valence-corrected chi connectivity index (χ0v) is 18.7. The predicted octanol–water partition coefficient (Wildman–Crippen LogP) is 2.39. The molecule has 3 amide bonds. The Balaban J connectivity index is 1.58. The lowest BCUT2D eigenvalue weighted by Gasteiger charge is -2.13. The van der Waals surface area contributed by atoms with Crippen LogP contribution in [0, 0.1) is 0 Å². The van der Waals surface area contributed by atoms with Crippen molar-refractivity contribution in [1.82, 2.24) is 16.2 Å². The molecule has 12 heteroatoms. The summed E-state index contributed by atoms with van der Waals surface area (Å²) in [5.41, 5.74) is 4.59. The quantitative estimate of drug-likeness (QED) is 0.376. The zero-order valence-electron chi connectivity index (χ0n) is 16.3. The molecule has 4 N–H and O–H groups in total. The summed E-state index contributed by atoms with van der Waals surface area (Å²) < 4.78 is 27.3. The van der Waals surface area contributed by atoms with E-state index in [1.807, 2.05) is 0 Å². The summed E-state index contributed by atoms with van der Waals surface area (Å²) in [4.78, 5) is 36.5. The van der Waals surface area contributed by atoms with Crippen LogP contribution in [0.4, 0.5) is 5.69 Å². The van der Waals surface area contributed by atoms with E-state index in [1.165, 1.54) is 24.3 Å². The van der Waals surface area contributed by atoms with Gasteiger partial charge in [-0.2, -0.15) is 0 Å². The van der Waals surface area contributed by atoms with Gasteiger partial charge in [-0.25, -0.2) is 8.42 Å². The summed E-state index contributed by atoms with van der Waals surface area (Å²) in [5.74, 6) is -2.00. The number of hydrogen-bond acceptors (Lipinski definition) is 6. The van der Waals surface area contributed by atoms with Crippen molar-refractivity contribution in [2.45, 2.75) is 4.21 Å². The lowest BCUT2D eigenvalue weighted by molar-refractivity contribution is -0.120. The van der Waals surface area contributed by atoms with Crippen molar-refractivity contribution in [2.75, 3.05) is 11.3 Å². The molecule has 0 saturated heterocycles. The number of rotatable bonds is 7. The number of hydrazine groups is 1. The first kappa shape index (κ1) is 23.3. The normalized spacial score (nSPS) is 10.8. The Morgan fingerprint density at radius 1 is 0.844 bits per heavy atom. The van der Waals surface area contributed by atoms with Gasteiger partial charge in [0.2, 0.25) is 0 Å². The van der Waals surface area contributed by atoms with Gasteiger partial charge < -0.3 is 5.32 Å². The first-order chi connectivity index (χ1) is 15.3. The minimum absolute atomic E-state index is 0.00645. The second kappa shape index (κ2) is 10.3. The summed E-state index contributed by atoms with van der Waals surface area (Å²) in [7, 11) is -3.86. The van der Waals surface area contributed by atoms with Gasteiger partial charge in [-0.05, 0) is 35.7 Å². The molecule has 3 aromatic rings. The van der Waals surface area contributed by atoms with Crippen molar-refractivity contribution in [1.29, 1.82) is 0 Å². The Hall–Kier alpha value is -3.41. The van der Waals surface area contributed by atoms with E-state index in [-0.39, 0.29) is 26.0 Å². The summed E-state index contributed by atoms with van der Waals surface area (Å²) in [6.45, 7) is -0.420. The molecule has 0 spiro atoms. The van der Waals surface area contributed by atoms with Crippen LogP contribution in [0.1, 0.15) is 20.7 Å². The second-order valence-corrected chi connectivity index (χ2v) is 9.51. The predicted molar refractivity (Wildman–Crippen MR) is 121 cm³/mol. The maximum Gasteiger partial charge on any atom is 0.271 e. The molecule has 1 heterocycles. The Labute approximate surface area is 192 Å². The minimum Gasteiger partial charge on any atom is -0.343 e. The van der Waals surface area contributed by atoms with E-state index < -0.39 is 34.3 Å². The highest BCUT2D eigenvalue weighted by atomic mass is 35.5. The van der Waals surface area contributed by atoms with E-state index in [9.17, 15) is 22.8 Å². The summed E-state index contributed by atoms with van der Waals surface area (Å²) in [6, 6.07) is 15.3. The molecule has 0 saturated carbocycles. The SMILES string of the molecule is O=C(CNC(=O)c1ccccc1Cl)NNC(=O)c1ccccc1NS(=O)(=O)c1cccs1. The van der Waals surface area contributed by atoms with Gasteiger partial charge in [0, 0.05) is 0 Å². The molecule has 1 aromatic heterocycles. The average molecular weight is 493 g/mol. The number of halogens is 1. The van der Waals surface area contributed by atoms with Crippen LogP contribution in [-0.2, 0) is 14.8 Å². The third kappa shape index (κ3) is 5.84. The molecule has 0 unspecified atom stereocenters. The van der Waals surface area contributed by atoms with Crippen molar-refractivity contribution in [3.05, 3.63) is 82.2 Å². The number of amides is 3. The highest BCUT2D eigenvalue weighted by molar-refractivity contribution is 7.94. The van der Waals surface area contributed by atoms with Gasteiger partial charge >= 0.3 is 0 Å². The molecule has 32 heavy (non-hydrogen) atoms. The fraction of sp³-hybridized carbons (Fsp3) is 0.0500. The number of sulfonamides is 1. The minimum atomic E-state index is -3.86. The fourth-order valence-electron chi connectivity index (χ4n) is 2.52. The van der Waals surface area contributed by atoms with E-state index in [4.69, 9.17) is 11.6 Å². The van der Waals surface area contributed by atoms with E-state index in [0.29, 0.717) is 0 Å². The lowest BCUT2D eigenvalue weighted by atomic mass is 10.2. The van der Waals surface area contributed by atoms with Crippen LogP contribution < -0.4 is 20.9 Å². The molecule has 0 aliphatic rings. The zero-order chi connectivity index (χ0) is 23.1. The summed E-state index contributed by atoms with van der Waals surface area (Å²) >= 11 is 6.97. The van der Waals surface area contributed by atoms with Gasteiger partial charge in [-0.3, -0.25) is 30.0 Å². The Kier molecular flexibility index (Phi) is 7.46. The molecule has 3 rings (SSSR count). The van der Waals surface area contributed by atoms with Crippen molar-refractivity contribution < 1.29 is 22.8 Å². The first-order valence-corrected chi connectivity index (χ1v) is 11.8. The summed E-state index contributed by atoms with van der Waals surface area (Å²) in [5, 5.41) is 4.24. The maximum absolute atomic E-state index is 12.5. The number of thiophene rings is 1. The van der Waals surface area contributed by atoms with E-state index in [0.717, 1.165) is 11.3 Å². The van der Waals surface area contributed by atoms with Crippen molar-refractivity contribution in [3.63, 3.8) is 0 Å². The fourth-order valence-corrected chi connectivity index (χ4v) is 4.81. The molecule has 0 fully saturated rings. The number of anilines is 1. The van der Waals surface area contributed by atoms with Gasteiger partial charge in [0.1, 0.15) is 4.21 Å². The number of benzene rings is 2.